The van der Waals surface area contributed by atoms with E-state index < -0.39 is 6.10 Å². The molecule has 1 atom stereocenters. The molecule has 0 aromatic heterocycles. The summed E-state index contributed by atoms with van der Waals surface area (Å²) in [6, 6.07) is 7.20. The van der Waals surface area contributed by atoms with Gasteiger partial charge in [0, 0.05) is 19.6 Å². The van der Waals surface area contributed by atoms with Crippen molar-refractivity contribution in [2.24, 2.45) is 0 Å². The van der Waals surface area contributed by atoms with E-state index in [0.717, 1.165) is 39.3 Å². The topological polar surface area (TPSA) is 50.8 Å². The number of carbonyl (C=O) groups is 1. The minimum atomic E-state index is -0.515. The highest BCUT2D eigenvalue weighted by Crippen LogP contribution is 2.24. The first-order valence-electron chi connectivity index (χ1n) is 8.19. The fraction of sp³-hybridized carbons (Fsp3) is 0.588. The second-order valence-corrected chi connectivity index (χ2v) is 5.95. The molecule has 128 valence electrons. The monoisotopic (exact) mass is 340 g/mol. The van der Waals surface area contributed by atoms with Crippen molar-refractivity contribution in [1.82, 2.24) is 10.2 Å². The number of morpholine rings is 1. The predicted molar refractivity (Wildman–Crippen MR) is 91.0 cm³/mol. The van der Waals surface area contributed by atoms with E-state index in [1.807, 2.05) is 19.1 Å². The quantitative estimate of drug-likeness (QED) is 0.738. The van der Waals surface area contributed by atoms with Gasteiger partial charge in [0.2, 0.25) is 0 Å². The lowest BCUT2D eigenvalue weighted by Crippen LogP contribution is -2.41. The Bertz CT molecular complexity index is 492. The predicted octanol–water partition coefficient (Wildman–Crippen LogP) is 2.34. The molecule has 23 heavy (non-hydrogen) atoms. The average molecular weight is 341 g/mol. The van der Waals surface area contributed by atoms with E-state index in [2.05, 4.69) is 10.2 Å². The normalized spacial score (nSPS) is 16.8. The second kappa shape index (κ2) is 9.75. The van der Waals surface area contributed by atoms with Gasteiger partial charge in [-0.3, -0.25) is 9.69 Å². The molecule has 1 aromatic carbocycles. The van der Waals surface area contributed by atoms with Crippen LogP contribution >= 0.6 is 11.6 Å². The lowest BCUT2D eigenvalue weighted by molar-refractivity contribution is -0.128. The Balaban J connectivity index is 1.71. The zero-order chi connectivity index (χ0) is 16.5. The molecular weight excluding hydrogens is 316 g/mol. The number of carbonyl (C=O) groups excluding carboxylic acids is 1. The number of benzene rings is 1. The van der Waals surface area contributed by atoms with Crippen molar-refractivity contribution in [2.75, 3.05) is 39.4 Å². The molecule has 1 aromatic rings. The Morgan fingerprint density at radius 1 is 1.39 bits per heavy atom. The van der Waals surface area contributed by atoms with E-state index >= 15 is 0 Å². The molecule has 1 saturated heterocycles. The van der Waals surface area contributed by atoms with Gasteiger partial charge in [-0.05, 0) is 31.5 Å². The SMILES string of the molecule is CC[C@H](Oc1ccccc1Cl)C(=O)NCCCN1CCOCC1. The molecule has 6 heteroatoms. The standard InChI is InChI=1S/C17H25ClN2O3/c1-2-15(23-16-7-4-3-6-14(16)18)17(21)19-8-5-9-20-10-12-22-13-11-20/h3-4,6-7,15H,2,5,8-13H2,1H3,(H,19,21)/t15-/m0/s1. The number of nitrogens with zero attached hydrogens (tertiary/aromatic N) is 1. The number of amides is 1. The van der Waals surface area contributed by atoms with Crippen LogP contribution in [0, 0.1) is 0 Å². The molecule has 0 spiro atoms. The van der Waals surface area contributed by atoms with Gasteiger partial charge in [0.15, 0.2) is 6.10 Å². The summed E-state index contributed by atoms with van der Waals surface area (Å²) in [5, 5.41) is 3.47. The fourth-order valence-electron chi connectivity index (χ4n) is 2.47. The third-order valence-corrected chi connectivity index (χ3v) is 4.14. The van der Waals surface area contributed by atoms with Gasteiger partial charge in [-0.1, -0.05) is 30.7 Å². The number of nitrogens with one attached hydrogen (secondary N) is 1. The summed E-state index contributed by atoms with van der Waals surface area (Å²) in [5.41, 5.74) is 0. The first kappa shape index (κ1) is 18.0. The molecule has 0 bridgehead atoms. The van der Waals surface area contributed by atoms with Crippen LogP contribution in [0.2, 0.25) is 5.02 Å². The summed E-state index contributed by atoms with van der Waals surface area (Å²) in [6.07, 6.45) is 1.01. The minimum absolute atomic E-state index is 0.0885. The van der Waals surface area contributed by atoms with Crippen molar-refractivity contribution in [3.63, 3.8) is 0 Å². The first-order valence-corrected chi connectivity index (χ1v) is 8.57. The Morgan fingerprint density at radius 3 is 2.83 bits per heavy atom. The summed E-state index contributed by atoms with van der Waals surface area (Å²) >= 11 is 6.07. The highest BCUT2D eigenvalue weighted by Gasteiger charge is 2.19. The summed E-state index contributed by atoms with van der Waals surface area (Å²) in [5.74, 6) is 0.457. The minimum Gasteiger partial charge on any atom is -0.479 e. The van der Waals surface area contributed by atoms with Crippen LogP contribution in [-0.2, 0) is 9.53 Å². The summed E-state index contributed by atoms with van der Waals surface area (Å²) in [4.78, 5) is 14.6. The maximum atomic E-state index is 12.2. The fourth-order valence-corrected chi connectivity index (χ4v) is 2.65. The van der Waals surface area contributed by atoms with Gasteiger partial charge in [0.1, 0.15) is 5.75 Å². The lowest BCUT2D eigenvalue weighted by atomic mass is 10.2. The van der Waals surface area contributed by atoms with E-state index in [-0.39, 0.29) is 5.91 Å². The molecule has 2 rings (SSSR count). The van der Waals surface area contributed by atoms with E-state index in [0.29, 0.717) is 23.7 Å². The number of hydrogen-bond donors (Lipinski definition) is 1. The van der Waals surface area contributed by atoms with Crippen LogP contribution in [0.15, 0.2) is 24.3 Å². The van der Waals surface area contributed by atoms with E-state index in [1.54, 1.807) is 12.1 Å². The van der Waals surface area contributed by atoms with Crippen LogP contribution in [0.1, 0.15) is 19.8 Å². The van der Waals surface area contributed by atoms with Gasteiger partial charge in [0.05, 0.1) is 18.2 Å². The highest BCUT2D eigenvalue weighted by atomic mass is 35.5. The zero-order valence-electron chi connectivity index (χ0n) is 13.6. The first-order chi connectivity index (χ1) is 11.2. The molecule has 1 fully saturated rings. The van der Waals surface area contributed by atoms with Crippen molar-refractivity contribution in [3.8, 4) is 5.75 Å². The Morgan fingerprint density at radius 2 is 2.13 bits per heavy atom. The van der Waals surface area contributed by atoms with E-state index in [4.69, 9.17) is 21.1 Å². The van der Waals surface area contributed by atoms with Gasteiger partial charge in [-0.15, -0.1) is 0 Å². The summed E-state index contributed by atoms with van der Waals surface area (Å²) in [7, 11) is 0. The number of halogens is 1. The van der Waals surface area contributed by atoms with Gasteiger partial charge < -0.3 is 14.8 Å². The number of ether oxygens (including phenoxy) is 2. The molecule has 1 heterocycles. The van der Waals surface area contributed by atoms with Crippen molar-refractivity contribution >= 4 is 17.5 Å². The molecule has 1 amide bonds. The smallest absolute Gasteiger partial charge is 0.261 e. The zero-order valence-corrected chi connectivity index (χ0v) is 14.3. The van der Waals surface area contributed by atoms with E-state index in [1.165, 1.54) is 0 Å². The molecular formula is C17H25ClN2O3. The molecule has 0 aliphatic carbocycles. The molecule has 5 nitrogen and oxygen atoms in total. The van der Waals surface area contributed by atoms with Crippen LogP contribution in [0.4, 0.5) is 0 Å². The molecule has 1 aliphatic rings. The van der Waals surface area contributed by atoms with Crippen LogP contribution in [0.3, 0.4) is 0 Å². The van der Waals surface area contributed by atoms with Gasteiger partial charge in [-0.25, -0.2) is 0 Å². The van der Waals surface area contributed by atoms with Gasteiger partial charge >= 0.3 is 0 Å². The largest absolute Gasteiger partial charge is 0.479 e. The van der Waals surface area contributed by atoms with Gasteiger partial charge in [0.25, 0.3) is 5.91 Å². The van der Waals surface area contributed by atoms with Crippen molar-refractivity contribution in [2.45, 2.75) is 25.9 Å². The number of hydrogen-bond acceptors (Lipinski definition) is 4. The Hall–Kier alpha value is -1.30. The molecule has 1 N–H and O–H groups in total. The van der Waals surface area contributed by atoms with Crippen LogP contribution in [-0.4, -0.2) is 56.3 Å². The van der Waals surface area contributed by atoms with Crippen molar-refractivity contribution < 1.29 is 14.3 Å². The molecule has 0 saturated carbocycles. The highest BCUT2D eigenvalue weighted by molar-refractivity contribution is 6.32. The van der Waals surface area contributed by atoms with Crippen LogP contribution in [0.25, 0.3) is 0 Å². The second-order valence-electron chi connectivity index (χ2n) is 5.54. The summed E-state index contributed by atoms with van der Waals surface area (Å²) in [6.45, 7) is 7.10. The van der Waals surface area contributed by atoms with Crippen LogP contribution in [0.5, 0.6) is 5.75 Å². The van der Waals surface area contributed by atoms with Crippen molar-refractivity contribution in [3.05, 3.63) is 29.3 Å². The Labute approximate surface area is 142 Å². The Kier molecular flexibility index (Phi) is 7.65. The van der Waals surface area contributed by atoms with E-state index in [9.17, 15) is 4.79 Å². The molecule has 1 aliphatic heterocycles. The number of rotatable bonds is 8. The van der Waals surface area contributed by atoms with Crippen LogP contribution < -0.4 is 10.1 Å². The lowest BCUT2D eigenvalue weighted by Gasteiger charge is -2.26. The maximum absolute atomic E-state index is 12.2. The molecule has 0 unspecified atom stereocenters. The number of para-hydroxylation sites is 1. The van der Waals surface area contributed by atoms with Crippen molar-refractivity contribution in [1.29, 1.82) is 0 Å². The van der Waals surface area contributed by atoms with Gasteiger partial charge in [-0.2, -0.15) is 0 Å². The molecule has 0 radical (unpaired) electrons. The third-order valence-electron chi connectivity index (χ3n) is 3.82. The summed E-state index contributed by atoms with van der Waals surface area (Å²) < 4.78 is 11.1. The maximum Gasteiger partial charge on any atom is 0.261 e. The average Bonchev–Trinajstić information content (AvgIpc) is 2.59. The third kappa shape index (κ3) is 6.01.